The summed E-state index contributed by atoms with van der Waals surface area (Å²) in [4.78, 5) is 15.5. The van der Waals surface area contributed by atoms with Crippen molar-refractivity contribution in [1.82, 2.24) is 4.98 Å². The summed E-state index contributed by atoms with van der Waals surface area (Å²) in [5, 5.41) is 0.670. The van der Waals surface area contributed by atoms with Crippen LogP contribution in [-0.4, -0.2) is 19.2 Å². The zero-order chi connectivity index (χ0) is 14.8. The average molecular weight is 281 g/mol. The Morgan fingerprint density at radius 2 is 1.76 bits per heavy atom. The van der Waals surface area contributed by atoms with Gasteiger partial charge in [0.05, 0.1) is 19.9 Å². The van der Waals surface area contributed by atoms with Gasteiger partial charge in [0.15, 0.2) is 5.43 Å². The molecule has 0 saturated heterocycles. The minimum Gasteiger partial charge on any atom is -0.497 e. The molecule has 1 aromatic heterocycles. The minimum atomic E-state index is -0.0239. The lowest BCUT2D eigenvalue weighted by Crippen LogP contribution is -2.03. The van der Waals surface area contributed by atoms with Crippen molar-refractivity contribution in [2.45, 2.75) is 0 Å². The molecule has 1 heterocycles. The maximum absolute atomic E-state index is 12.2. The van der Waals surface area contributed by atoms with Crippen molar-refractivity contribution in [3.05, 3.63) is 58.8 Å². The average Bonchev–Trinajstić information content (AvgIpc) is 2.54. The highest BCUT2D eigenvalue weighted by Gasteiger charge is 2.10. The Hall–Kier alpha value is -2.75. The Kier molecular flexibility index (Phi) is 3.36. The first kappa shape index (κ1) is 13.2. The maximum Gasteiger partial charge on any atom is 0.190 e. The van der Waals surface area contributed by atoms with E-state index < -0.39 is 0 Å². The molecule has 0 aliphatic rings. The third-order valence-corrected chi connectivity index (χ3v) is 3.43. The first-order valence-electron chi connectivity index (χ1n) is 6.57. The first-order chi connectivity index (χ1) is 10.2. The van der Waals surface area contributed by atoms with E-state index in [-0.39, 0.29) is 5.43 Å². The fourth-order valence-electron chi connectivity index (χ4n) is 2.37. The van der Waals surface area contributed by atoms with Crippen LogP contribution in [0.25, 0.3) is 22.2 Å². The number of aromatic nitrogens is 1. The molecule has 0 atom stereocenters. The summed E-state index contributed by atoms with van der Waals surface area (Å²) >= 11 is 0. The molecule has 0 aliphatic heterocycles. The lowest BCUT2D eigenvalue weighted by atomic mass is 10.1. The Morgan fingerprint density at radius 1 is 0.952 bits per heavy atom. The van der Waals surface area contributed by atoms with Crippen molar-refractivity contribution in [3.63, 3.8) is 0 Å². The molecule has 0 saturated carbocycles. The van der Waals surface area contributed by atoms with Crippen LogP contribution in [0.4, 0.5) is 0 Å². The number of nitrogens with one attached hydrogen (secondary N) is 1. The van der Waals surface area contributed by atoms with Crippen LogP contribution in [0, 0.1) is 0 Å². The molecule has 4 nitrogen and oxygen atoms in total. The molecule has 0 unspecified atom stereocenters. The van der Waals surface area contributed by atoms with Crippen molar-refractivity contribution in [3.8, 4) is 22.8 Å². The molecular weight excluding hydrogens is 266 g/mol. The minimum absolute atomic E-state index is 0.0239. The third kappa shape index (κ3) is 2.36. The van der Waals surface area contributed by atoms with Gasteiger partial charge in [-0.1, -0.05) is 12.1 Å². The molecule has 0 spiro atoms. The van der Waals surface area contributed by atoms with Gasteiger partial charge in [0, 0.05) is 22.5 Å². The van der Waals surface area contributed by atoms with Gasteiger partial charge in [-0.25, -0.2) is 0 Å². The van der Waals surface area contributed by atoms with E-state index in [0.29, 0.717) is 22.6 Å². The molecule has 106 valence electrons. The zero-order valence-electron chi connectivity index (χ0n) is 11.8. The molecule has 3 aromatic rings. The first-order valence-corrected chi connectivity index (χ1v) is 6.57. The molecule has 0 aliphatic carbocycles. The van der Waals surface area contributed by atoms with E-state index in [1.54, 1.807) is 26.4 Å². The Bertz CT molecular complexity index is 852. The quantitative estimate of drug-likeness (QED) is 0.802. The molecule has 0 amide bonds. The number of benzene rings is 2. The molecule has 3 rings (SSSR count). The zero-order valence-corrected chi connectivity index (χ0v) is 11.8. The smallest absolute Gasteiger partial charge is 0.190 e. The highest BCUT2D eigenvalue weighted by molar-refractivity contribution is 5.82. The van der Waals surface area contributed by atoms with Gasteiger partial charge >= 0.3 is 0 Å². The van der Waals surface area contributed by atoms with E-state index in [2.05, 4.69) is 4.98 Å². The van der Waals surface area contributed by atoms with Crippen LogP contribution in [0.5, 0.6) is 11.5 Å². The van der Waals surface area contributed by atoms with Gasteiger partial charge in [0.25, 0.3) is 0 Å². The van der Waals surface area contributed by atoms with Crippen molar-refractivity contribution in [2.24, 2.45) is 0 Å². The number of rotatable bonds is 3. The van der Waals surface area contributed by atoms with E-state index in [9.17, 15) is 4.79 Å². The number of hydrogen-bond acceptors (Lipinski definition) is 3. The van der Waals surface area contributed by atoms with Crippen LogP contribution in [0.15, 0.2) is 53.3 Å². The second-order valence-corrected chi connectivity index (χ2v) is 4.66. The monoisotopic (exact) mass is 281 g/mol. The van der Waals surface area contributed by atoms with Gasteiger partial charge in [0.2, 0.25) is 0 Å². The summed E-state index contributed by atoms with van der Waals surface area (Å²) in [5.41, 5.74) is 2.27. The number of para-hydroxylation sites is 1. The van der Waals surface area contributed by atoms with Crippen LogP contribution in [0.3, 0.4) is 0 Å². The van der Waals surface area contributed by atoms with E-state index in [1.807, 2.05) is 36.4 Å². The molecule has 2 aromatic carbocycles. The number of fused-ring (bicyclic) bond motifs is 1. The molecular formula is C17H15NO3. The van der Waals surface area contributed by atoms with Crippen molar-refractivity contribution in [1.29, 1.82) is 0 Å². The number of pyridine rings is 1. The normalized spacial score (nSPS) is 10.6. The van der Waals surface area contributed by atoms with Crippen LogP contribution in [-0.2, 0) is 0 Å². The van der Waals surface area contributed by atoms with E-state index in [4.69, 9.17) is 9.47 Å². The van der Waals surface area contributed by atoms with E-state index in [1.165, 1.54) is 0 Å². The van der Waals surface area contributed by atoms with Crippen molar-refractivity contribution in [2.75, 3.05) is 14.2 Å². The second kappa shape index (κ2) is 5.32. The van der Waals surface area contributed by atoms with Crippen molar-refractivity contribution >= 4 is 10.9 Å². The number of aromatic amines is 1. The predicted molar refractivity (Wildman–Crippen MR) is 83.1 cm³/mol. The number of H-pyrrole nitrogens is 1. The van der Waals surface area contributed by atoms with Crippen LogP contribution in [0.1, 0.15) is 0 Å². The van der Waals surface area contributed by atoms with Crippen molar-refractivity contribution < 1.29 is 9.47 Å². The molecule has 0 bridgehead atoms. The van der Waals surface area contributed by atoms with Gasteiger partial charge in [0.1, 0.15) is 11.5 Å². The summed E-state index contributed by atoms with van der Waals surface area (Å²) < 4.78 is 10.6. The molecule has 0 fully saturated rings. The predicted octanol–water partition coefficient (Wildman–Crippen LogP) is 3.21. The number of ether oxygens (including phenoxy) is 2. The lowest BCUT2D eigenvalue weighted by molar-refractivity contribution is 0.404. The van der Waals surface area contributed by atoms with Crippen LogP contribution < -0.4 is 14.9 Å². The molecule has 1 N–H and O–H groups in total. The van der Waals surface area contributed by atoms with E-state index >= 15 is 0 Å². The van der Waals surface area contributed by atoms with Gasteiger partial charge in [-0.3, -0.25) is 4.79 Å². The van der Waals surface area contributed by atoms with Crippen LogP contribution >= 0.6 is 0 Å². The molecule has 21 heavy (non-hydrogen) atoms. The Morgan fingerprint density at radius 3 is 2.52 bits per heavy atom. The van der Waals surface area contributed by atoms with Gasteiger partial charge in [-0.15, -0.1) is 0 Å². The Labute approximate surface area is 122 Å². The Balaban J connectivity index is 2.27. The molecule has 4 heteroatoms. The third-order valence-electron chi connectivity index (χ3n) is 3.43. The summed E-state index contributed by atoms with van der Waals surface area (Å²) in [7, 11) is 3.21. The van der Waals surface area contributed by atoms with Crippen LogP contribution in [0.2, 0.25) is 0 Å². The summed E-state index contributed by atoms with van der Waals surface area (Å²) in [6.45, 7) is 0. The lowest BCUT2D eigenvalue weighted by Gasteiger charge is -2.11. The van der Waals surface area contributed by atoms with E-state index in [0.717, 1.165) is 11.1 Å². The highest BCUT2D eigenvalue weighted by Crippen LogP contribution is 2.32. The largest absolute Gasteiger partial charge is 0.497 e. The SMILES string of the molecule is COc1ccc(OC)c(-c2cc(=O)c3ccccc3[nH]2)c1. The van der Waals surface area contributed by atoms with Gasteiger partial charge in [-0.2, -0.15) is 0 Å². The second-order valence-electron chi connectivity index (χ2n) is 4.66. The number of hydrogen-bond donors (Lipinski definition) is 1. The fourth-order valence-corrected chi connectivity index (χ4v) is 2.37. The van der Waals surface area contributed by atoms with Gasteiger partial charge < -0.3 is 14.5 Å². The summed E-state index contributed by atoms with van der Waals surface area (Å²) in [6.07, 6.45) is 0. The fraction of sp³-hybridized carbons (Fsp3) is 0.118. The molecule has 0 radical (unpaired) electrons. The highest BCUT2D eigenvalue weighted by atomic mass is 16.5. The topological polar surface area (TPSA) is 51.3 Å². The standard InChI is InChI=1S/C17H15NO3/c1-20-11-7-8-17(21-2)13(9-11)15-10-16(19)12-5-3-4-6-14(12)18-15/h3-10H,1-2H3,(H,18,19). The summed E-state index contributed by atoms with van der Waals surface area (Å²) in [5.74, 6) is 1.39. The number of methoxy groups -OCH3 is 2. The maximum atomic E-state index is 12.2. The van der Waals surface area contributed by atoms with Gasteiger partial charge in [-0.05, 0) is 30.3 Å². The summed E-state index contributed by atoms with van der Waals surface area (Å²) in [6, 6.07) is 14.5.